The fourth-order valence-corrected chi connectivity index (χ4v) is 2.59. The molecule has 0 aromatic carbocycles. The van der Waals surface area contributed by atoms with Crippen molar-refractivity contribution in [3.05, 3.63) is 0 Å². The van der Waals surface area contributed by atoms with E-state index in [0.29, 0.717) is 38.3 Å². The van der Waals surface area contributed by atoms with Gasteiger partial charge < -0.3 is 19.9 Å². The van der Waals surface area contributed by atoms with Gasteiger partial charge in [0.2, 0.25) is 0 Å². The van der Waals surface area contributed by atoms with Crippen LogP contribution in [-0.2, 0) is 9.47 Å². The van der Waals surface area contributed by atoms with Gasteiger partial charge in [-0.15, -0.1) is 0 Å². The summed E-state index contributed by atoms with van der Waals surface area (Å²) in [5.41, 5.74) is 0. The second kappa shape index (κ2) is 10.5. The first-order valence-electron chi connectivity index (χ1n) is 7.83. The molecule has 2 N–H and O–H groups in total. The molecule has 2 atom stereocenters. The maximum Gasteiger partial charge on any atom is 0.0900 e. The number of hydrogen-bond acceptors (Lipinski definition) is 5. The molecule has 0 amide bonds. The van der Waals surface area contributed by atoms with E-state index < -0.39 is 6.10 Å². The molecule has 0 bridgehead atoms. The minimum atomic E-state index is -0.425. The van der Waals surface area contributed by atoms with Crippen molar-refractivity contribution in [1.29, 1.82) is 0 Å². The highest BCUT2D eigenvalue weighted by atomic mass is 16.5. The van der Waals surface area contributed by atoms with Crippen molar-refractivity contribution < 1.29 is 14.6 Å². The molecule has 5 nitrogen and oxygen atoms in total. The molecule has 0 aromatic heterocycles. The molecule has 0 radical (unpaired) electrons. The molecule has 2 unspecified atom stereocenters. The SMILES string of the molecule is COCCOCC(O)CN(CC1CCCNC1)C(C)C. The molecule has 1 heterocycles. The van der Waals surface area contributed by atoms with Gasteiger partial charge in [-0.3, -0.25) is 4.90 Å². The first-order chi connectivity index (χ1) is 9.63. The van der Waals surface area contributed by atoms with Crippen LogP contribution in [0.4, 0.5) is 0 Å². The van der Waals surface area contributed by atoms with E-state index in [0.717, 1.165) is 19.6 Å². The number of rotatable bonds is 10. The molecule has 1 fully saturated rings. The van der Waals surface area contributed by atoms with Gasteiger partial charge in [0.15, 0.2) is 0 Å². The highest BCUT2D eigenvalue weighted by Gasteiger charge is 2.21. The number of ether oxygens (including phenoxy) is 2. The monoisotopic (exact) mass is 288 g/mol. The summed E-state index contributed by atoms with van der Waals surface area (Å²) in [7, 11) is 1.65. The third-order valence-electron chi connectivity index (χ3n) is 3.81. The van der Waals surface area contributed by atoms with Crippen LogP contribution in [0.15, 0.2) is 0 Å². The van der Waals surface area contributed by atoms with Gasteiger partial charge in [-0.25, -0.2) is 0 Å². The molecule has 0 aromatic rings. The molecular formula is C15H32N2O3. The van der Waals surface area contributed by atoms with Gasteiger partial charge in [0.05, 0.1) is 25.9 Å². The largest absolute Gasteiger partial charge is 0.389 e. The molecule has 1 aliphatic heterocycles. The molecule has 0 aliphatic carbocycles. The number of nitrogens with one attached hydrogen (secondary N) is 1. The first kappa shape index (κ1) is 17.9. The van der Waals surface area contributed by atoms with Gasteiger partial charge in [-0.05, 0) is 45.7 Å². The first-order valence-corrected chi connectivity index (χ1v) is 7.83. The third kappa shape index (κ3) is 7.55. The van der Waals surface area contributed by atoms with Crippen molar-refractivity contribution in [2.24, 2.45) is 5.92 Å². The van der Waals surface area contributed by atoms with Crippen LogP contribution < -0.4 is 5.32 Å². The molecule has 1 aliphatic rings. The maximum absolute atomic E-state index is 10.1. The number of hydrogen-bond donors (Lipinski definition) is 2. The zero-order valence-electron chi connectivity index (χ0n) is 13.3. The van der Waals surface area contributed by atoms with E-state index in [-0.39, 0.29) is 0 Å². The molecule has 5 heteroatoms. The lowest BCUT2D eigenvalue weighted by Crippen LogP contribution is -2.45. The molecule has 1 rings (SSSR count). The molecule has 120 valence electrons. The fourth-order valence-electron chi connectivity index (χ4n) is 2.59. The Bertz CT molecular complexity index is 233. The van der Waals surface area contributed by atoms with Gasteiger partial charge in [-0.2, -0.15) is 0 Å². The second-order valence-electron chi connectivity index (χ2n) is 5.98. The van der Waals surface area contributed by atoms with Crippen LogP contribution in [-0.4, -0.2) is 75.3 Å². The van der Waals surface area contributed by atoms with Gasteiger partial charge in [0.1, 0.15) is 0 Å². The van der Waals surface area contributed by atoms with E-state index in [2.05, 4.69) is 24.1 Å². The van der Waals surface area contributed by atoms with Gasteiger partial charge >= 0.3 is 0 Å². The number of piperidine rings is 1. The number of methoxy groups -OCH3 is 1. The van der Waals surface area contributed by atoms with Crippen LogP contribution in [0.5, 0.6) is 0 Å². The smallest absolute Gasteiger partial charge is 0.0900 e. The van der Waals surface area contributed by atoms with Crippen LogP contribution in [0.2, 0.25) is 0 Å². The number of aliphatic hydroxyl groups excluding tert-OH is 1. The minimum absolute atomic E-state index is 0.384. The molecule has 0 spiro atoms. The Labute approximate surface area is 123 Å². The molecule has 0 saturated carbocycles. The van der Waals surface area contributed by atoms with Crippen LogP contribution in [0, 0.1) is 5.92 Å². The summed E-state index contributed by atoms with van der Waals surface area (Å²) >= 11 is 0. The lowest BCUT2D eigenvalue weighted by Gasteiger charge is -2.34. The number of nitrogens with zero attached hydrogens (tertiary/aromatic N) is 1. The van der Waals surface area contributed by atoms with Gasteiger partial charge in [-0.1, -0.05) is 0 Å². The average molecular weight is 288 g/mol. The van der Waals surface area contributed by atoms with Crippen molar-refractivity contribution in [2.45, 2.75) is 38.8 Å². The Balaban J connectivity index is 2.26. The second-order valence-corrected chi connectivity index (χ2v) is 5.98. The minimum Gasteiger partial charge on any atom is -0.389 e. The van der Waals surface area contributed by atoms with Crippen molar-refractivity contribution in [1.82, 2.24) is 10.2 Å². The molecule has 20 heavy (non-hydrogen) atoms. The van der Waals surface area contributed by atoms with Crippen LogP contribution in [0.25, 0.3) is 0 Å². The summed E-state index contributed by atoms with van der Waals surface area (Å²) in [5.74, 6) is 0.702. The van der Waals surface area contributed by atoms with E-state index in [1.807, 2.05) is 0 Å². The zero-order valence-corrected chi connectivity index (χ0v) is 13.3. The Morgan fingerprint density at radius 2 is 2.15 bits per heavy atom. The van der Waals surface area contributed by atoms with Crippen molar-refractivity contribution in [3.63, 3.8) is 0 Å². The molecule has 1 saturated heterocycles. The summed E-state index contributed by atoms with van der Waals surface area (Å²) < 4.78 is 10.3. The average Bonchev–Trinajstić information content (AvgIpc) is 2.44. The third-order valence-corrected chi connectivity index (χ3v) is 3.81. The Morgan fingerprint density at radius 1 is 1.35 bits per heavy atom. The molecular weight excluding hydrogens is 256 g/mol. The topological polar surface area (TPSA) is 54.0 Å². The van der Waals surface area contributed by atoms with Crippen molar-refractivity contribution in [2.75, 3.05) is 53.1 Å². The van der Waals surface area contributed by atoms with Gasteiger partial charge in [0, 0.05) is 26.2 Å². The van der Waals surface area contributed by atoms with E-state index >= 15 is 0 Å². The van der Waals surface area contributed by atoms with E-state index in [1.165, 1.54) is 12.8 Å². The summed E-state index contributed by atoms with van der Waals surface area (Å²) in [6.07, 6.45) is 2.13. The lowest BCUT2D eigenvalue weighted by molar-refractivity contribution is -0.00724. The lowest BCUT2D eigenvalue weighted by atomic mass is 9.98. The summed E-state index contributed by atoms with van der Waals surface area (Å²) in [5, 5.41) is 13.5. The fraction of sp³-hybridized carbons (Fsp3) is 1.00. The van der Waals surface area contributed by atoms with Crippen LogP contribution >= 0.6 is 0 Å². The van der Waals surface area contributed by atoms with Crippen molar-refractivity contribution in [3.8, 4) is 0 Å². The highest BCUT2D eigenvalue weighted by Crippen LogP contribution is 2.14. The predicted octanol–water partition coefficient (Wildman–Crippen LogP) is 0.720. The number of aliphatic hydroxyl groups is 1. The van der Waals surface area contributed by atoms with Gasteiger partial charge in [0.25, 0.3) is 0 Å². The Hall–Kier alpha value is -0.200. The standard InChI is InChI=1S/C15H32N2O3/c1-13(2)17(10-14-5-4-6-16-9-14)11-15(18)12-20-8-7-19-3/h13-16,18H,4-12H2,1-3H3. The van der Waals surface area contributed by atoms with E-state index in [1.54, 1.807) is 7.11 Å². The highest BCUT2D eigenvalue weighted by molar-refractivity contribution is 4.76. The predicted molar refractivity (Wildman–Crippen MR) is 81.0 cm³/mol. The summed E-state index contributed by atoms with van der Waals surface area (Å²) in [6.45, 7) is 9.87. The van der Waals surface area contributed by atoms with E-state index in [4.69, 9.17) is 9.47 Å². The zero-order chi connectivity index (χ0) is 14.8. The Morgan fingerprint density at radius 3 is 2.75 bits per heavy atom. The van der Waals surface area contributed by atoms with E-state index in [9.17, 15) is 5.11 Å². The quantitative estimate of drug-likeness (QED) is 0.580. The van der Waals surface area contributed by atoms with Crippen molar-refractivity contribution >= 4 is 0 Å². The van der Waals surface area contributed by atoms with Crippen LogP contribution in [0.1, 0.15) is 26.7 Å². The summed E-state index contributed by atoms with van der Waals surface area (Å²) in [4.78, 5) is 2.36. The van der Waals surface area contributed by atoms with Crippen LogP contribution in [0.3, 0.4) is 0 Å². The summed E-state index contributed by atoms with van der Waals surface area (Å²) in [6, 6.07) is 0.450. The Kier molecular flexibility index (Phi) is 9.39. The maximum atomic E-state index is 10.1. The normalized spacial score (nSPS) is 21.6.